The van der Waals surface area contributed by atoms with Crippen LogP contribution in [0.25, 0.3) is 11.1 Å². The molecular weight excluding hydrogens is 606 g/mol. The van der Waals surface area contributed by atoms with Crippen LogP contribution in [0.4, 0.5) is 26.3 Å². The van der Waals surface area contributed by atoms with Crippen molar-refractivity contribution < 1.29 is 40.9 Å². The summed E-state index contributed by atoms with van der Waals surface area (Å²) in [6.07, 6.45) is 5.74. The van der Waals surface area contributed by atoms with Gasteiger partial charge in [-0.25, -0.2) is 22.0 Å². The molecule has 2 saturated carbocycles. The number of aliphatic hydroxyl groups is 1. The van der Waals surface area contributed by atoms with Gasteiger partial charge in [0.05, 0.1) is 18.8 Å². The maximum Gasteiger partial charge on any atom is 0.201 e. The second-order valence-electron chi connectivity index (χ2n) is 12.7. The van der Waals surface area contributed by atoms with E-state index in [0.29, 0.717) is 50.7 Å². The minimum atomic E-state index is -1.29. The van der Waals surface area contributed by atoms with Crippen molar-refractivity contribution >= 4 is 0 Å². The van der Waals surface area contributed by atoms with Gasteiger partial charge in [0.15, 0.2) is 34.8 Å². The Kier molecular flexibility index (Phi) is 11.4. The predicted octanol–water partition coefficient (Wildman–Crippen LogP) is 10.4. The molecule has 0 saturated heterocycles. The topological polar surface area (TPSA) is 38.7 Å². The molecule has 3 aromatic rings. The van der Waals surface area contributed by atoms with Crippen molar-refractivity contribution in [2.24, 2.45) is 5.92 Å². The fraction of sp³-hybridized carbons (Fsp3) is 0.514. The van der Waals surface area contributed by atoms with Gasteiger partial charge >= 0.3 is 0 Å². The van der Waals surface area contributed by atoms with Crippen LogP contribution in [0.3, 0.4) is 0 Å². The maximum atomic E-state index is 15.2. The van der Waals surface area contributed by atoms with E-state index < -0.39 is 41.0 Å². The van der Waals surface area contributed by atoms with Gasteiger partial charge in [-0.1, -0.05) is 37.6 Å². The monoisotopic (exact) mass is 648 g/mol. The molecule has 0 amide bonds. The fourth-order valence-corrected chi connectivity index (χ4v) is 7.13. The zero-order chi connectivity index (χ0) is 33.0. The van der Waals surface area contributed by atoms with Crippen LogP contribution in [0, 0.1) is 40.8 Å². The average molecular weight is 649 g/mol. The number of hydrogen-bond donors (Lipinski definition) is 1. The minimum absolute atomic E-state index is 0.00993. The molecule has 0 aliphatic heterocycles. The molecule has 0 spiro atoms. The smallest absolute Gasteiger partial charge is 0.201 e. The number of aliphatic hydroxyl groups excluding tert-OH is 1. The quantitative estimate of drug-likeness (QED) is 0.210. The molecule has 1 N–H and O–H groups in total. The van der Waals surface area contributed by atoms with Gasteiger partial charge in [-0.15, -0.1) is 0 Å². The Hall–Kier alpha value is -3.04. The number of benzene rings is 3. The molecule has 1 unspecified atom stereocenters. The maximum absolute atomic E-state index is 15.2. The Balaban J connectivity index is 1.12. The van der Waals surface area contributed by atoms with Crippen molar-refractivity contribution in [1.29, 1.82) is 0 Å². The van der Waals surface area contributed by atoms with E-state index in [4.69, 9.17) is 9.47 Å². The highest BCUT2D eigenvalue weighted by molar-refractivity contribution is 5.66. The largest absolute Gasteiger partial charge is 0.491 e. The number of rotatable bonds is 11. The second kappa shape index (κ2) is 15.2. The number of halogens is 6. The van der Waals surface area contributed by atoms with E-state index >= 15 is 8.78 Å². The minimum Gasteiger partial charge on any atom is -0.491 e. The van der Waals surface area contributed by atoms with Crippen LogP contribution in [0.15, 0.2) is 36.4 Å². The van der Waals surface area contributed by atoms with Crippen molar-refractivity contribution in [3.8, 4) is 16.9 Å². The van der Waals surface area contributed by atoms with E-state index in [1.54, 1.807) is 13.0 Å². The molecule has 250 valence electrons. The Morgan fingerprint density at radius 1 is 0.652 bits per heavy atom. The summed E-state index contributed by atoms with van der Waals surface area (Å²) in [5, 5.41) is 10.1. The first-order valence-corrected chi connectivity index (χ1v) is 16.5. The highest BCUT2D eigenvalue weighted by Gasteiger charge is 2.31. The molecule has 2 fully saturated rings. The normalized spacial score (nSPS) is 22.5. The van der Waals surface area contributed by atoms with Gasteiger partial charge in [0.25, 0.3) is 0 Å². The molecule has 2 aliphatic rings. The van der Waals surface area contributed by atoms with Gasteiger partial charge in [-0.2, -0.15) is 4.39 Å². The molecule has 3 aromatic carbocycles. The van der Waals surface area contributed by atoms with E-state index in [9.17, 15) is 22.7 Å². The Morgan fingerprint density at radius 2 is 1.20 bits per heavy atom. The third kappa shape index (κ3) is 7.25. The molecule has 0 radical (unpaired) electrons. The lowest BCUT2D eigenvalue weighted by Gasteiger charge is -2.33. The van der Waals surface area contributed by atoms with Gasteiger partial charge in [-0.05, 0) is 106 Å². The lowest BCUT2D eigenvalue weighted by molar-refractivity contribution is -0.00295. The van der Waals surface area contributed by atoms with Gasteiger partial charge in [0.2, 0.25) is 5.82 Å². The highest BCUT2D eigenvalue weighted by atomic mass is 19.2. The summed E-state index contributed by atoms with van der Waals surface area (Å²) in [6.45, 7) is 4.19. The highest BCUT2D eigenvalue weighted by Crippen LogP contribution is 2.41. The van der Waals surface area contributed by atoms with Crippen LogP contribution in [0.5, 0.6) is 5.75 Å². The lowest BCUT2D eigenvalue weighted by Crippen LogP contribution is -2.26. The van der Waals surface area contributed by atoms with Crippen LogP contribution in [-0.4, -0.2) is 24.4 Å². The summed E-state index contributed by atoms with van der Waals surface area (Å²) < 4.78 is 100. The molecule has 0 aromatic heterocycles. The molecule has 3 nitrogen and oxygen atoms in total. The van der Waals surface area contributed by atoms with Crippen LogP contribution >= 0.6 is 0 Å². The average Bonchev–Trinajstić information content (AvgIpc) is 3.06. The predicted molar refractivity (Wildman–Crippen MR) is 165 cm³/mol. The van der Waals surface area contributed by atoms with Crippen molar-refractivity contribution in [3.63, 3.8) is 0 Å². The molecule has 0 heterocycles. The molecule has 9 heteroatoms. The van der Waals surface area contributed by atoms with Crippen molar-refractivity contribution in [3.05, 3.63) is 88.0 Å². The number of hydrogen-bond acceptors (Lipinski definition) is 3. The summed E-state index contributed by atoms with van der Waals surface area (Å²) in [6, 6.07) is 8.28. The zero-order valence-corrected chi connectivity index (χ0v) is 26.4. The van der Waals surface area contributed by atoms with Gasteiger partial charge in [0, 0.05) is 23.3 Å². The Bertz CT molecular complexity index is 1500. The third-order valence-corrected chi connectivity index (χ3v) is 9.78. The standard InChI is InChI=1S/C37H42F6O3/c1-3-5-30(44)29-17-15-26(33(39)36(29)42)23-10-12-24(13-11-23)46-20-21-6-8-22(9-7-21)25-14-16-27(34(40)32(25)38)28-18-19-31(45-4-2)37(43)35(28)41/h14-19,21-24,30,44H,3-13,20H2,1-2H3. The summed E-state index contributed by atoms with van der Waals surface area (Å²) >= 11 is 0. The Morgan fingerprint density at radius 3 is 1.80 bits per heavy atom. The summed E-state index contributed by atoms with van der Waals surface area (Å²) in [7, 11) is 0. The lowest BCUT2D eigenvalue weighted by atomic mass is 9.78. The number of ether oxygens (including phenoxy) is 2. The molecule has 46 heavy (non-hydrogen) atoms. The summed E-state index contributed by atoms with van der Waals surface area (Å²) in [5.41, 5.74) is -0.0994. The zero-order valence-electron chi connectivity index (χ0n) is 26.4. The first kappa shape index (κ1) is 34.3. The first-order valence-electron chi connectivity index (χ1n) is 16.5. The van der Waals surface area contributed by atoms with Crippen molar-refractivity contribution in [2.75, 3.05) is 13.2 Å². The van der Waals surface area contributed by atoms with Crippen LogP contribution < -0.4 is 4.74 Å². The molecule has 1 atom stereocenters. The van der Waals surface area contributed by atoms with Crippen LogP contribution in [0.2, 0.25) is 0 Å². The molecule has 0 bridgehead atoms. The van der Waals surface area contributed by atoms with E-state index in [1.807, 2.05) is 6.92 Å². The van der Waals surface area contributed by atoms with E-state index in [-0.39, 0.29) is 58.5 Å². The molecular formula is C37H42F6O3. The van der Waals surface area contributed by atoms with E-state index in [1.165, 1.54) is 30.3 Å². The van der Waals surface area contributed by atoms with Crippen LogP contribution in [0.1, 0.15) is 113 Å². The van der Waals surface area contributed by atoms with Gasteiger partial charge in [-0.3, -0.25) is 0 Å². The van der Waals surface area contributed by atoms with Crippen molar-refractivity contribution in [2.45, 2.75) is 102 Å². The third-order valence-electron chi connectivity index (χ3n) is 9.78. The summed E-state index contributed by atoms with van der Waals surface area (Å²) in [5.74, 6) is -6.89. The van der Waals surface area contributed by atoms with Gasteiger partial charge < -0.3 is 14.6 Å². The molecule has 2 aliphatic carbocycles. The summed E-state index contributed by atoms with van der Waals surface area (Å²) in [4.78, 5) is 0. The van der Waals surface area contributed by atoms with Gasteiger partial charge in [0.1, 0.15) is 0 Å². The van der Waals surface area contributed by atoms with Crippen LogP contribution in [-0.2, 0) is 4.74 Å². The molecule has 5 rings (SSSR count). The second-order valence-corrected chi connectivity index (χ2v) is 12.7. The van der Waals surface area contributed by atoms with E-state index in [2.05, 4.69) is 0 Å². The van der Waals surface area contributed by atoms with E-state index in [0.717, 1.165) is 25.7 Å². The fourth-order valence-electron chi connectivity index (χ4n) is 7.13. The first-order chi connectivity index (χ1) is 22.1. The van der Waals surface area contributed by atoms with Crippen molar-refractivity contribution in [1.82, 2.24) is 0 Å². The SMILES string of the molecule is CCCC(O)c1ccc(C2CCC(OCC3CCC(c4ccc(-c5ccc(OCC)c(F)c5F)c(F)c4F)CC3)CC2)c(F)c1F. The Labute approximate surface area is 266 Å².